The first-order chi connectivity index (χ1) is 13.8. The summed E-state index contributed by atoms with van der Waals surface area (Å²) in [6, 6.07) is 11.6. The topological polar surface area (TPSA) is 81.6 Å². The summed E-state index contributed by atoms with van der Waals surface area (Å²) in [4.78, 5) is 25.4. The smallest absolute Gasteiger partial charge is 0.321 e. The van der Waals surface area contributed by atoms with Gasteiger partial charge >= 0.3 is 6.03 Å². The minimum absolute atomic E-state index is 0.121. The van der Waals surface area contributed by atoms with E-state index >= 15 is 0 Å². The van der Waals surface area contributed by atoms with E-state index in [4.69, 9.17) is 5.11 Å². The third-order valence-corrected chi connectivity index (χ3v) is 5.06. The minimum Gasteiger partial charge on any atom is -0.395 e. The normalized spacial score (nSPS) is 15.0. The van der Waals surface area contributed by atoms with Crippen molar-refractivity contribution >= 4 is 22.6 Å². The van der Waals surface area contributed by atoms with Gasteiger partial charge in [-0.3, -0.25) is 14.9 Å². The standard InChI is InChI=1S/C21H23N5O2/c27-14-13-25-9-11-26(12-10-25)21(28)24-19-6-5-17(16-3-1-7-22-15-16)18-4-2-8-23-20(18)19/h1-8,15,27H,9-14H2,(H,24,28). The first-order valence-electron chi connectivity index (χ1n) is 9.43. The van der Waals surface area contributed by atoms with Crippen LogP contribution in [0.1, 0.15) is 0 Å². The second-order valence-corrected chi connectivity index (χ2v) is 6.78. The van der Waals surface area contributed by atoms with E-state index in [1.807, 2.05) is 42.6 Å². The fraction of sp³-hybridized carbons (Fsp3) is 0.286. The Labute approximate surface area is 163 Å². The van der Waals surface area contributed by atoms with Crippen molar-refractivity contribution in [3.63, 3.8) is 0 Å². The number of hydrogen-bond donors (Lipinski definition) is 2. The molecule has 0 aliphatic carbocycles. The Bertz CT molecular complexity index is 955. The van der Waals surface area contributed by atoms with Crippen LogP contribution in [0, 0.1) is 0 Å². The van der Waals surface area contributed by atoms with Crippen molar-refractivity contribution in [3.8, 4) is 11.1 Å². The number of benzene rings is 1. The molecule has 1 aliphatic heterocycles. The number of piperazine rings is 1. The predicted molar refractivity (Wildman–Crippen MR) is 109 cm³/mol. The number of aliphatic hydroxyl groups excluding tert-OH is 1. The maximum absolute atomic E-state index is 12.7. The molecule has 0 radical (unpaired) electrons. The first kappa shape index (κ1) is 18.3. The number of hydrogen-bond acceptors (Lipinski definition) is 5. The van der Waals surface area contributed by atoms with Crippen molar-refractivity contribution in [1.82, 2.24) is 19.8 Å². The molecule has 0 unspecified atom stereocenters. The Morgan fingerprint density at radius 1 is 1.07 bits per heavy atom. The van der Waals surface area contributed by atoms with E-state index < -0.39 is 0 Å². The molecule has 1 aliphatic rings. The van der Waals surface area contributed by atoms with Crippen LogP contribution >= 0.6 is 0 Å². The molecule has 4 rings (SSSR count). The van der Waals surface area contributed by atoms with E-state index in [1.165, 1.54) is 0 Å². The van der Waals surface area contributed by atoms with Crippen LogP contribution in [0.15, 0.2) is 55.0 Å². The molecular formula is C21H23N5O2. The van der Waals surface area contributed by atoms with Gasteiger partial charge in [0.2, 0.25) is 0 Å². The van der Waals surface area contributed by atoms with Crippen LogP contribution in [-0.2, 0) is 0 Å². The molecule has 1 fully saturated rings. The number of urea groups is 1. The van der Waals surface area contributed by atoms with Crippen molar-refractivity contribution in [1.29, 1.82) is 0 Å². The average molecular weight is 377 g/mol. The largest absolute Gasteiger partial charge is 0.395 e. The SMILES string of the molecule is O=C(Nc1ccc(-c2cccnc2)c2cccnc12)N1CCN(CCO)CC1. The van der Waals surface area contributed by atoms with Crippen molar-refractivity contribution in [3.05, 3.63) is 55.0 Å². The van der Waals surface area contributed by atoms with E-state index in [2.05, 4.69) is 20.2 Å². The molecule has 0 saturated carbocycles. The third-order valence-electron chi connectivity index (χ3n) is 5.06. The number of rotatable bonds is 4. The predicted octanol–water partition coefficient (Wildman–Crippen LogP) is 2.44. The van der Waals surface area contributed by atoms with Gasteiger partial charge in [0.15, 0.2) is 0 Å². The number of aliphatic hydroxyl groups is 1. The van der Waals surface area contributed by atoms with Crippen molar-refractivity contribution in [2.45, 2.75) is 0 Å². The lowest BCUT2D eigenvalue weighted by atomic mass is 10.0. The summed E-state index contributed by atoms with van der Waals surface area (Å²) in [5, 5.41) is 13.0. The summed E-state index contributed by atoms with van der Waals surface area (Å²) in [6.07, 6.45) is 5.31. The zero-order valence-electron chi connectivity index (χ0n) is 15.6. The van der Waals surface area contributed by atoms with Crippen molar-refractivity contribution in [2.24, 2.45) is 0 Å². The van der Waals surface area contributed by atoms with Crippen LogP contribution in [-0.4, -0.2) is 70.2 Å². The van der Waals surface area contributed by atoms with E-state index in [0.717, 1.165) is 35.1 Å². The molecular weight excluding hydrogens is 354 g/mol. The number of carbonyl (C=O) groups is 1. The third kappa shape index (κ3) is 3.81. The molecule has 3 aromatic rings. The molecule has 28 heavy (non-hydrogen) atoms. The monoisotopic (exact) mass is 377 g/mol. The van der Waals surface area contributed by atoms with Gasteiger partial charge in [-0.2, -0.15) is 0 Å². The fourth-order valence-corrected chi connectivity index (χ4v) is 3.56. The number of nitrogens with one attached hydrogen (secondary N) is 1. The zero-order valence-corrected chi connectivity index (χ0v) is 15.6. The minimum atomic E-state index is -0.121. The van der Waals surface area contributed by atoms with Crippen LogP contribution in [0.3, 0.4) is 0 Å². The number of aromatic nitrogens is 2. The average Bonchev–Trinajstić information content (AvgIpc) is 2.75. The molecule has 1 aromatic carbocycles. The van der Waals surface area contributed by atoms with Gasteiger partial charge in [0.05, 0.1) is 17.8 Å². The number of anilines is 1. The highest BCUT2D eigenvalue weighted by atomic mass is 16.3. The summed E-state index contributed by atoms with van der Waals surface area (Å²) < 4.78 is 0. The molecule has 7 nitrogen and oxygen atoms in total. The molecule has 3 heterocycles. The Hall–Kier alpha value is -3.03. The number of amides is 2. The molecule has 0 spiro atoms. The summed E-state index contributed by atoms with van der Waals surface area (Å²) in [6.45, 7) is 3.63. The van der Waals surface area contributed by atoms with Gasteiger partial charge in [-0.15, -0.1) is 0 Å². The molecule has 144 valence electrons. The lowest BCUT2D eigenvalue weighted by Gasteiger charge is -2.34. The molecule has 0 atom stereocenters. The van der Waals surface area contributed by atoms with Gasteiger partial charge in [0.1, 0.15) is 0 Å². The molecule has 2 N–H and O–H groups in total. The van der Waals surface area contributed by atoms with Gasteiger partial charge in [-0.05, 0) is 23.8 Å². The Morgan fingerprint density at radius 3 is 2.64 bits per heavy atom. The van der Waals surface area contributed by atoms with Crippen LogP contribution in [0.4, 0.5) is 10.5 Å². The molecule has 0 bridgehead atoms. The van der Waals surface area contributed by atoms with E-state index in [-0.39, 0.29) is 12.6 Å². The van der Waals surface area contributed by atoms with Gasteiger partial charge < -0.3 is 15.3 Å². The summed E-state index contributed by atoms with van der Waals surface area (Å²) in [7, 11) is 0. The van der Waals surface area contributed by atoms with E-state index in [9.17, 15) is 4.79 Å². The quantitative estimate of drug-likeness (QED) is 0.730. The second kappa shape index (κ2) is 8.33. The van der Waals surface area contributed by atoms with Crippen LogP contribution in [0.25, 0.3) is 22.0 Å². The summed E-state index contributed by atoms with van der Waals surface area (Å²) >= 11 is 0. The lowest BCUT2D eigenvalue weighted by molar-refractivity contribution is 0.127. The van der Waals surface area contributed by atoms with Crippen LogP contribution in [0.5, 0.6) is 0 Å². The Morgan fingerprint density at radius 2 is 1.89 bits per heavy atom. The molecule has 2 aromatic heterocycles. The first-order valence-corrected chi connectivity index (χ1v) is 9.43. The van der Waals surface area contributed by atoms with Crippen molar-refractivity contribution in [2.75, 3.05) is 44.6 Å². The maximum atomic E-state index is 12.7. The Kier molecular flexibility index (Phi) is 5.45. The zero-order chi connectivity index (χ0) is 19.3. The number of fused-ring (bicyclic) bond motifs is 1. The lowest BCUT2D eigenvalue weighted by Crippen LogP contribution is -2.50. The van der Waals surface area contributed by atoms with Crippen LogP contribution in [0.2, 0.25) is 0 Å². The fourth-order valence-electron chi connectivity index (χ4n) is 3.56. The van der Waals surface area contributed by atoms with Gasteiger partial charge in [-0.25, -0.2) is 4.79 Å². The summed E-state index contributed by atoms with van der Waals surface area (Å²) in [5.41, 5.74) is 3.51. The van der Waals surface area contributed by atoms with Crippen molar-refractivity contribution < 1.29 is 9.90 Å². The number of nitrogens with zero attached hydrogens (tertiary/aromatic N) is 4. The van der Waals surface area contributed by atoms with Gasteiger partial charge in [-0.1, -0.05) is 18.2 Å². The second-order valence-electron chi connectivity index (χ2n) is 6.78. The highest BCUT2D eigenvalue weighted by Gasteiger charge is 2.21. The maximum Gasteiger partial charge on any atom is 0.321 e. The molecule has 1 saturated heterocycles. The molecule has 2 amide bonds. The van der Waals surface area contributed by atoms with Gasteiger partial charge in [0, 0.05) is 62.3 Å². The van der Waals surface area contributed by atoms with E-state index in [0.29, 0.717) is 25.3 Å². The summed E-state index contributed by atoms with van der Waals surface area (Å²) in [5.74, 6) is 0. The van der Waals surface area contributed by atoms with Gasteiger partial charge in [0.25, 0.3) is 0 Å². The highest BCUT2D eigenvalue weighted by Crippen LogP contribution is 2.31. The van der Waals surface area contributed by atoms with E-state index in [1.54, 1.807) is 17.3 Å². The molecule has 7 heteroatoms. The highest BCUT2D eigenvalue weighted by molar-refractivity contribution is 6.05. The number of carbonyl (C=O) groups excluding carboxylic acids is 1. The number of pyridine rings is 2. The van der Waals surface area contributed by atoms with Crippen LogP contribution < -0.4 is 5.32 Å². The number of β-amino-alcohol motifs (C(OH)–C–C–N with tert-alkyl or cyclic N) is 1. The Balaban J connectivity index is 1.56.